The van der Waals surface area contributed by atoms with Crippen molar-refractivity contribution in [3.8, 4) is 22.6 Å². The molecule has 0 spiro atoms. The zero-order valence-corrected chi connectivity index (χ0v) is 13.9. The Morgan fingerprint density at radius 2 is 2.09 bits per heavy atom. The van der Waals surface area contributed by atoms with Crippen LogP contribution in [0.2, 0.25) is 0 Å². The van der Waals surface area contributed by atoms with Crippen molar-refractivity contribution in [3.05, 3.63) is 39.8 Å². The molecule has 0 radical (unpaired) electrons. The van der Waals surface area contributed by atoms with Crippen molar-refractivity contribution in [2.75, 3.05) is 0 Å². The van der Waals surface area contributed by atoms with Crippen LogP contribution in [0.3, 0.4) is 0 Å². The molecule has 0 atom stereocenters. The van der Waals surface area contributed by atoms with Crippen LogP contribution >= 0.6 is 12.9 Å². The number of thiol groups is 1. The summed E-state index contributed by atoms with van der Waals surface area (Å²) in [5.74, 6) is 0.537. The molecule has 0 aliphatic heterocycles. The van der Waals surface area contributed by atoms with Gasteiger partial charge in [-0.3, -0.25) is 4.79 Å². The Balaban J connectivity index is 2.81. The molecule has 0 saturated carbocycles. The molecule has 5 nitrogen and oxygen atoms in total. The maximum Gasteiger partial charge on any atom is 0.278 e. The average Bonchev–Trinajstić information content (AvgIpc) is 2.50. The largest absolute Gasteiger partial charge is 0.508 e. The van der Waals surface area contributed by atoms with Crippen molar-refractivity contribution in [1.82, 2.24) is 9.78 Å². The number of aryl methyl sites for hydroxylation is 3. The van der Waals surface area contributed by atoms with Crippen molar-refractivity contribution in [2.45, 2.75) is 40.2 Å². The molecule has 1 heterocycles. The van der Waals surface area contributed by atoms with E-state index in [1.165, 1.54) is 4.68 Å². The Morgan fingerprint density at radius 1 is 1.36 bits per heavy atom. The zero-order chi connectivity index (χ0) is 16.3. The molecule has 1 aromatic carbocycles. The first-order chi connectivity index (χ1) is 10.5. The van der Waals surface area contributed by atoms with Crippen molar-refractivity contribution in [3.63, 3.8) is 0 Å². The normalized spacial score (nSPS) is 10.7. The van der Waals surface area contributed by atoms with Gasteiger partial charge in [0.2, 0.25) is 0 Å². The average molecular weight is 320 g/mol. The van der Waals surface area contributed by atoms with Crippen molar-refractivity contribution >= 4 is 12.9 Å². The Hall–Kier alpha value is -1.95. The van der Waals surface area contributed by atoms with Gasteiger partial charge in [0.05, 0.1) is 5.56 Å². The predicted octanol–water partition coefficient (Wildman–Crippen LogP) is 3.12. The van der Waals surface area contributed by atoms with Gasteiger partial charge in [0.1, 0.15) is 11.4 Å². The van der Waals surface area contributed by atoms with Gasteiger partial charge < -0.3 is 9.29 Å². The third-order valence-electron chi connectivity index (χ3n) is 3.54. The van der Waals surface area contributed by atoms with Crippen LogP contribution in [-0.4, -0.2) is 14.9 Å². The number of phenols is 1. The van der Waals surface area contributed by atoms with Crippen LogP contribution in [0.1, 0.15) is 31.5 Å². The van der Waals surface area contributed by atoms with E-state index < -0.39 is 0 Å². The zero-order valence-electron chi connectivity index (χ0n) is 13.0. The summed E-state index contributed by atoms with van der Waals surface area (Å²) in [6.07, 6.45) is 1.49. The fourth-order valence-electron chi connectivity index (χ4n) is 2.51. The minimum atomic E-state index is -0.211. The maximum absolute atomic E-state index is 12.8. The second kappa shape index (κ2) is 6.87. The first-order valence-corrected chi connectivity index (χ1v) is 7.65. The highest BCUT2D eigenvalue weighted by atomic mass is 32.1. The van der Waals surface area contributed by atoms with Gasteiger partial charge in [0.15, 0.2) is 5.75 Å². The molecular weight excluding hydrogens is 300 g/mol. The highest BCUT2D eigenvalue weighted by molar-refractivity contribution is 7.75. The highest BCUT2D eigenvalue weighted by Crippen LogP contribution is 2.33. The summed E-state index contributed by atoms with van der Waals surface area (Å²) in [6.45, 7) is 6.29. The number of nitrogens with zero attached hydrogens (tertiary/aromatic N) is 2. The van der Waals surface area contributed by atoms with Gasteiger partial charge in [0.25, 0.3) is 5.56 Å². The van der Waals surface area contributed by atoms with Gasteiger partial charge in [-0.05, 0) is 43.0 Å². The third kappa shape index (κ3) is 2.97. The van der Waals surface area contributed by atoms with E-state index in [2.05, 4.69) is 18.0 Å². The maximum atomic E-state index is 12.8. The Kier molecular flexibility index (Phi) is 5.13. The molecule has 0 unspecified atom stereocenters. The fourth-order valence-corrected chi connectivity index (χ4v) is 2.73. The minimum Gasteiger partial charge on any atom is -0.508 e. The van der Waals surface area contributed by atoms with E-state index in [-0.39, 0.29) is 11.3 Å². The van der Waals surface area contributed by atoms with E-state index in [1.54, 1.807) is 25.1 Å². The van der Waals surface area contributed by atoms with E-state index in [0.29, 0.717) is 30.0 Å². The minimum absolute atomic E-state index is 0.175. The molecule has 0 amide bonds. The monoisotopic (exact) mass is 320 g/mol. The number of hydrogen-bond acceptors (Lipinski definition) is 5. The van der Waals surface area contributed by atoms with Gasteiger partial charge >= 0.3 is 0 Å². The molecule has 118 valence electrons. The molecule has 0 bridgehead atoms. The quantitative estimate of drug-likeness (QED) is 0.656. The van der Waals surface area contributed by atoms with Gasteiger partial charge in [0, 0.05) is 19.5 Å². The molecule has 0 fully saturated rings. The van der Waals surface area contributed by atoms with Gasteiger partial charge in [-0.15, -0.1) is 0 Å². The van der Waals surface area contributed by atoms with Crippen LogP contribution in [0.4, 0.5) is 0 Å². The summed E-state index contributed by atoms with van der Waals surface area (Å²) in [7, 11) is 0. The molecule has 1 aromatic heterocycles. The van der Waals surface area contributed by atoms with Crippen molar-refractivity contribution < 1.29 is 9.29 Å². The lowest BCUT2D eigenvalue weighted by Crippen LogP contribution is -2.26. The molecule has 2 aromatic rings. The smallest absolute Gasteiger partial charge is 0.278 e. The van der Waals surface area contributed by atoms with Crippen LogP contribution in [0.25, 0.3) is 11.1 Å². The van der Waals surface area contributed by atoms with Crippen molar-refractivity contribution in [1.29, 1.82) is 0 Å². The second-order valence-corrected chi connectivity index (χ2v) is 5.29. The lowest BCUT2D eigenvalue weighted by molar-refractivity contribution is 0.474. The van der Waals surface area contributed by atoms with Crippen LogP contribution in [-0.2, 0) is 13.0 Å². The Bertz CT molecular complexity index is 741. The number of rotatable bonds is 5. The van der Waals surface area contributed by atoms with Crippen LogP contribution in [0.5, 0.6) is 11.5 Å². The molecule has 1 N–H and O–H groups in total. The summed E-state index contributed by atoms with van der Waals surface area (Å²) < 4.78 is 6.58. The summed E-state index contributed by atoms with van der Waals surface area (Å²) in [5.41, 5.74) is 2.44. The lowest BCUT2D eigenvalue weighted by Gasteiger charge is -2.15. The number of hydrogen-bond donors (Lipinski definition) is 2. The summed E-state index contributed by atoms with van der Waals surface area (Å²) >= 11 is 3.88. The predicted molar refractivity (Wildman–Crippen MR) is 89.6 cm³/mol. The lowest BCUT2D eigenvalue weighted by atomic mass is 9.98. The SMILES string of the molecule is CCCn1nc(C)c(OS)c(-c2ccc(O)cc2CC)c1=O. The molecule has 22 heavy (non-hydrogen) atoms. The molecule has 6 heteroatoms. The number of aromatic nitrogens is 2. The Labute approximate surface area is 135 Å². The molecule has 0 aliphatic rings. The molecule has 0 saturated heterocycles. The summed E-state index contributed by atoms with van der Waals surface area (Å²) in [6, 6.07) is 4.96. The fraction of sp³-hybridized carbons (Fsp3) is 0.375. The third-order valence-corrected chi connectivity index (χ3v) is 3.72. The van der Waals surface area contributed by atoms with Gasteiger partial charge in [-0.2, -0.15) is 5.10 Å². The van der Waals surface area contributed by atoms with E-state index >= 15 is 0 Å². The number of benzene rings is 1. The first kappa shape index (κ1) is 16.4. The summed E-state index contributed by atoms with van der Waals surface area (Å²) in [5, 5.41) is 13.9. The first-order valence-electron chi connectivity index (χ1n) is 7.28. The van der Waals surface area contributed by atoms with Crippen LogP contribution in [0.15, 0.2) is 23.0 Å². The van der Waals surface area contributed by atoms with Crippen LogP contribution < -0.4 is 9.74 Å². The van der Waals surface area contributed by atoms with Crippen LogP contribution in [0, 0.1) is 6.92 Å². The van der Waals surface area contributed by atoms with Crippen molar-refractivity contribution in [2.24, 2.45) is 0 Å². The Morgan fingerprint density at radius 3 is 2.68 bits per heavy atom. The van der Waals surface area contributed by atoms with Gasteiger partial charge in [-0.25, -0.2) is 4.68 Å². The topological polar surface area (TPSA) is 64.3 Å². The second-order valence-electron chi connectivity index (χ2n) is 5.10. The summed E-state index contributed by atoms with van der Waals surface area (Å²) in [4.78, 5) is 12.8. The number of phenolic OH excluding ortho intramolecular Hbond substituents is 1. The van der Waals surface area contributed by atoms with E-state index in [1.807, 2.05) is 13.8 Å². The molecule has 2 rings (SSSR count). The molecule has 0 aliphatic carbocycles. The van der Waals surface area contributed by atoms with E-state index in [9.17, 15) is 9.90 Å². The van der Waals surface area contributed by atoms with E-state index in [0.717, 1.165) is 17.5 Å². The standard InChI is InChI=1S/C16H20N2O3S/c1-4-8-18-16(20)14(15(21-22)10(3)17-18)13-7-6-12(19)9-11(13)5-2/h6-7,9,19,22H,4-5,8H2,1-3H3. The highest BCUT2D eigenvalue weighted by Gasteiger charge is 2.20. The van der Waals surface area contributed by atoms with E-state index in [4.69, 9.17) is 4.18 Å². The number of aromatic hydroxyl groups is 1. The van der Waals surface area contributed by atoms with Gasteiger partial charge in [-0.1, -0.05) is 19.9 Å². The molecular formula is C16H20N2O3S.